The Balaban J connectivity index is 2.20. The zero-order valence-electron chi connectivity index (χ0n) is 8.20. The molecule has 0 aliphatic heterocycles. The first-order valence-electron chi connectivity index (χ1n) is 4.60. The lowest BCUT2D eigenvalue weighted by atomic mass is 10.3. The molecule has 0 saturated heterocycles. The highest BCUT2D eigenvalue weighted by Crippen LogP contribution is 2.16. The van der Waals surface area contributed by atoms with E-state index in [0.29, 0.717) is 19.4 Å². The minimum atomic E-state index is -0.172. The Hall–Kier alpha value is -1.07. The molecule has 0 aromatic heterocycles. The monoisotopic (exact) mass is 272 g/mol. The molecular weight excluding hydrogens is 260 g/mol. The van der Waals surface area contributed by atoms with E-state index in [9.17, 15) is 4.79 Å². The molecule has 1 aromatic carbocycles. The average molecular weight is 273 g/mol. The fourth-order valence-corrected chi connectivity index (χ4v) is 1.29. The minimum absolute atomic E-state index is 0.172. The van der Waals surface area contributed by atoms with E-state index in [1.54, 1.807) is 0 Å². The Labute approximate surface area is 96.9 Å². The maximum absolute atomic E-state index is 10.8. The third-order valence-electron chi connectivity index (χ3n) is 1.79. The summed E-state index contributed by atoms with van der Waals surface area (Å²) in [5.74, 6) is 5.56. The van der Waals surface area contributed by atoms with Crippen molar-refractivity contribution in [3.8, 4) is 5.75 Å². The van der Waals surface area contributed by atoms with Gasteiger partial charge in [-0.25, -0.2) is 5.84 Å². The van der Waals surface area contributed by atoms with E-state index in [-0.39, 0.29) is 5.91 Å². The Morgan fingerprint density at radius 1 is 1.40 bits per heavy atom. The molecule has 1 aromatic rings. The fourth-order valence-electron chi connectivity index (χ4n) is 1.03. The maximum Gasteiger partial charge on any atom is 0.234 e. The number of carbonyl (C=O) groups is 1. The molecular formula is C10H13BrN2O2. The van der Waals surface area contributed by atoms with Crippen LogP contribution in [0.15, 0.2) is 28.7 Å². The van der Waals surface area contributed by atoms with Gasteiger partial charge in [0.05, 0.1) is 6.61 Å². The van der Waals surface area contributed by atoms with E-state index in [1.807, 2.05) is 24.3 Å². The van der Waals surface area contributed by atoms with Crippen molar-refractivity contribution in [2.45, 2.75) is 12.8 Å². The van der Waals surface area contributed by atoms with E-state index in [4.69, 9.17) is 10.6 Å². The SMILES string of the molecule is NNC(=O)CCCOc1ccc(Br)cc1. The Bertz CT molecular complexity index is 314. The van der Waals surface area contributed by atoms with E-state index >= 15 is 0 Å². The molecule has 1 amide bonds. The molecule has 0 radical (unpaired) electrons. The molecule has 0 aliphatic carbocycles. The van der Waals surface area contributed by atoms with Crippen LogP contribution in [0.3, 0.4) is 0 Å². The summed E-state index contributed by atoms with van der Waals surface area (Å²) in [6, 6.07) is 7.55. The van der Waals surface area contributed by atoms with Crippen molar-refractivity contribution in [2.24, 2.45) is 5.84 Å². The summed E-state index contributed by atoms with van der Waals surface area (Å²) in [6.45, 7) is 0.509. The second kappa shape index (κ2) is 6.42. The summed E-state index contributed by atoms with van der Waals surface area (Å²) >= 11 is 3.33. The zero-order valence-corrected chi connectivity index (χ0v) is 9.79. The molecule has 15 heavy (non-hydrogen) atoms. The Morgan fingerprint density at radius 2 is 2.07 bits per heavy atom. The summed E-state index contributed by atoms with van der Waals surface area (Å²) < 4.78 is 6.43. The number of nitrogens with two attached hydrogens (primary N) is 1. The lowest BCUT2D eigenvalue weighted by Crippen LogP contribution is -2.29. The summed E-state index contributed by atoms with van der Waals surface area (Å²) in [7, 11) is 0. The minimum Gasteiger partial charge on any atom is -0.494 e. The molecule has 0 heterocycles. The molecule has 0 aliphatic rings. The largest absolute Gasteiger partial charge is 0.494 e. The number of rotatable bonds is 5. The van der Waals surface area contributed by atoms with Gasteiger partial charge in [-0.1, -0.05) is 15.9 Å². The van der Waals surface area contributed by atoms with Gasteiger partial charge < -0.3 is 4.74 Å². The lowest BCUT2D eigenvalue weighted by molar-refractivity contribution is -0.121. The second-order valence-electron chi connectivity index (χ2n) is 2.97. The molecule has 0 unspecified atom stereocenters. The fraction of sp³-hybridized carbons (Fsp3) is 0.300. The number of amides is 1. The summed E-state index contributed by atoms with van der Waals surface area (Å²) in [5, 5.41) is 0. The van der Waals surface area contributed by atoms with Crippen molar-refractivity contribution in [3.05, 3.63) is 28.7 Å². The number of benzene rings is 1. The maximum atomic E-state index is 10.8. The highest BCUT2D eigenvalue weighted by Gasteiger charge is 1.98. The van der Waals surface area contributed by atoms with Crippen LogP contribution >= 0.6 is 15.9 Å². The highest BCUT2D eigenvalue weighted by atomic mass is 79.9. The molecule has 0 atom stereocenters. The molecule has 0 spiro atoms. The molecule has 0 bridgehead atoms. The number of hydrazine groups is 1. The van der Waals surface area contributed by atoms with Crippen molar-refractivity contribution in [1.82, 2.24) is 5.43 Å². The Morgan fingerprint density at radius 3 is 2.67 bits per heavy atom. The van der Waals surface area contributed by atoms with Crippen LogP contribution in [0.4, 0.5) is 0 Å². The van der Waals surface area contributed by atoms with Crippen molar-refractivity contribution in [2.75, 3.05) is 6.61 Å². The molecule has 4 nitrogen and oxygen atoms in total. The molecule has 82 valence electrons. The van der Waals surface area contributed by atoms with Gasteiger partial charge in [0.25, 0.3) is 0 Å². The van der Waals surface area contributed by atoms with Gasteiger partial charge in [0.2, 0.25) is 5.91 Å². The molecule has 5 heteroatoms. The predicted octanol–water partition coefficient (Wildman–Crippen LogP) is 1.60. The van der Waals surface area contributed by atoms with E-state index in [0.717, 1.165) is 10.2 Å². The number of ether oxygens (including phenoxy) is 1. The van der Waals surface area contributed by atoms with Gasteiger partial charge in [0.1, 0.15) is 5.75 Å². The van der Waals surface area contributed by atoms with Crippen LogP contribution in [0.1, 0.15) is 12.8 Å². The summed E-state index contributed by atoms with van der Waals surface area (Å²) in [5.41, 5.74) is 2.07. The quantitative estimate of drug-likeness (QED) is 0.370. The van der Waals surface area contributed by atoms with E-state index in [2.05, 4.69) is 21.4 Å². The molecule has 1 rings (SSSR count). The number of hydrogen-bond donors (Lipinski definition) is 2. The van der Waals surface area contributed by atoms with E-state index < -0.39 is 0 Å². The molecule has 0 fully saturated rings. The van der Waals surface area contributed by atoms with Gasteiger partial charge in [-0.3, -0.25) is 10.2 Å². The van der Waals surface area contributed by atoms with Gasteiger partial charge in [0.15, 0.2) is 0 Å². The lowest BCUT2D eigenvalue weighted by Gasteiger charge is -2.05. The average Bonchev–Trinajstić information content (AvgIpc) is 2.26. The normalized spacial score (nSPS) is 9.73. The summed E-state index contributed by atoms with van der Waals surface area (Å²) in [6.07, 6.45) is 1.03. The van der Waals surface area contributed by atoms with E-state index in [1.165, 1.54) is 0 Å². The molecule has 0 saturated carbocycles. The highest BCUT2D eigenvalue weighted by molar-refractivity contribution is 9.10. The number of hydrogen-bond acceptors (Lipinski definition) is 3. The van der Waals surface area contributed by atoms with Crippen LogP contribution < -0.4 is 16.0 Å². The second-order valence-corrected chi connectivity index (χ2v) is 3.89. The number of carbonyl (C=O) groups excluding carboxylic acids is 1. The third kappa shape index (κ3) is 4.80. The standard InChI is InChI=1S/C10H13BrN2O2/c11-8-3-5-9(6-4-8)15-7-1-2-10(14)13-12/h3-6H,1-2,7,12H2,(H,13,14). The first kappa shape index (κ1) is 12.0. The zero-order chi connectivity index (χ0) is 11.1. The van der Waals surface area contributed by atoms with Crippen LogP contribution in [0.5, 0.6) is 5.75 Å². The van der Waals surface area contributed by atoms with Crippen LogP contribution in [0, 0.1) is 0 Å². The third-order valence-corrected chi connectivity index (χ3v) is 2.32. The molecule has 3 N–H and O–H groups in total. The topological polar surface area (TPSA) is 64.3 Å². The van der Waals surface area contributed by atoms with Crippen molar-refractivity contribution >= 4 is 21.8 Å². The van der Waals surface area contributed by atoms with Gasteiger partial charge in [-0.2, -0.15) is 0 Å². The number of nitrogens with one attached hydrogen (secondary N) is 1. The first-order valence-corrected chi connectivity index (χ1v) is 5.39. The predicted molar refractivity (Wildman–Crippen MR) is 61.2 cm³/mol. The first-order chi connectivity index (χ1) is 7.22. The van der Waals surface area contributed by atoms with Crippen molar-refractivity contribution in [1.29, 1.82) is 0 Å². The smallest absolute Gasteiger partial charge is 0.234 e. The van der Waals surface area contributed by atoms with Crippen LogP contribution in [0.25, 0.3) is 0 Å². The van der Waals surface area contributed by atoms with Crippen LogP contribution in [-0.4, -0.2) is 12.5 Å². The van der Waals surface area contributed by atoms with Crippen molar-refractivity contribution in [3.63, 3.8) is 0 Å². The number of halogens is 1. The Kier molecular flexibility index (Phi) is 5.14. The van der Waals surface area contributed by atoms with Gasteiger partial charge in [0, 0.05) is 10.9 Å². The summed E-state index contributed by atoms with van der Waals surface area (Å²) in [4.78, 5) is 10.8. The van der Waals surface area contributed by atoms with Gasteiger partial charge in [-0.05, 0) is 30.7 Å². The van der Waals surface area contributed by atoms with Crippen molar-refractivity contribution < 1.29 is 9.53 Å². The van der Waals surface area contributed by atoms with Gasteiger partial charge in [-0.15, -0.1) is 0 Å². The van der Waals surface area contributed by atoms with Crippen LogP contribution in [0.2, 0.25) is 0 Å². The van der Waals surface area contributed by atoms with Gasteiger partial charge >= 0.3 is 0 Å². The van der Waals surface area contributed by atoms with Crippen LogP contribution in [-0.2, 0) is 4.79 Å².